The number of unbranched alkanes of at least 4 members (excludes halogenated alkanes) is 1. The average Bonchev–Trinajstić information content (AvgIpc) is 2.18. The predicted molar refractivity (Wildman–Crippen MR) is 59.7 cm³/mol. The first kappa shape index (κ1) is 11.5. The van der Waals surface area contributed by atoms with Crippen molar-refractivity contribution in [1.82, 2.24) is 0 Å². The van der Waals surface area contributed by atoms with Crippen molar-refractivity contribution in [2.45, 2.75) is 26.2 Å². The number of hydrogen-bond donors (Lipinski definition) is 0. The molecule has 0 unspecified atom stereocenters. The smallest absolute Gasteiger partial charge is 0.124 e. The van der Waals surface area contributed by atoms with Gasteiger partial charge >= 0.3 is 0 Å². The van der Waals surface area contributed by atoms with Crippen LogP contribution in [0.3, 0.4) is 0 Å². The highest BCUT2D eigenvalue weighted by molar-refractivity contribution is 5.50. The molecule has 1 rings (SSSR count). The van der Waals surface area contributed by atoms with E-state index < -0.39 is 0 Å². The van der Waals surface area contributed by atoms with Gasteiger partial charge in [0.05, 0.1) is 12.5 Å². The van der Waals surface area contributed by atoms with E-state index in [1.165, 1.54) is 12.1 Å². The molecule has 0 amide bonds. The van der Waals surface area contributed by atoms with Gasteiger partial charge in [0.15, 0.2) is 0 Å². The standard InChI is InChI=1S/C13H14FN/c1-2-3-4-5-11-8-12(6-7-15)10-13(14)9-11/h4-5,8-10H,2-3,6H2,1H3. The van der Waals surface area contributed by atoms with Crippen LogP contribution in [-0.4, -0.2) is 0 Å². The molecule has 2 heteroatoms. The highest BCUT2D eigenvalue weighted by atomic mass is 19.1. The third kappa shape index (κ3) is 3.95. The van der Waals surface area contributed by atoms with Crippen LogP contribution < -0.4 is 0 Å². The molecule has 1 nitrogen and oxygen atoms in total. The Balaban J connectivity index is 2.84. The second-order valence-electron chi connectivity index (χ2n) is 3.42. The van der Waals surface area contributed by atoms with Gasteiger partial charge in [-0.05, 0) is 29.7 Å². The van der Waals surface area contributed by atoms with Crippen molar-refractivity contribution >= 4 is 6.08 Å². The Labute approximate surface area is 89.9 Å². The van der Waals surface area contributed by atoms with Gasteiger partial charge in [-0.1, -0.05) is 31.6 Å². The van der Waals surface area contributed by atoms with Crippen molar-refractivity contribution in [1.29, 1.82) is 5.26 Å². The summed E-state index contributed by atoms with van der Waals surface area (Å²) in [5.41, 5.74) is 1.56. The van der Waals surface area contributed by atoms with Gasteiger partial charge in [-0.25, -0.2) is 4.39 Å². The normalized spacial score (nSPS) is 10.5. The minimum atomic E-state index is -0.279. The van der Waals surface area contributed by atoms with Gasteiger partial charge in [0.2, 0.25) is 0 Å². The SMILES string of the molecule is CCCC=Cc1cc(F)cc(CC#N)c1. The summed E-state index contributed by atoms with van der Waals surface area (Å²) in [5.74, 6) is -0.279. The average molecular weight is 203 g/mol. The van der Waals surface area contributed by atoms with Crippen LogP contribution in [-0.2, 0) is 6.42 Å². The van der Waals surface area contributed by atoms with Crippen molar-refractivity contribution in [3.05, 3.63) is 41.2 Å². The van der Waals surface area contributed by atoms with Gasteiger partial charge < -0.3 is 0 Å². The number of halogens is 1. The Morgan fingerprint density at radius 3 is 2.87 bits per heavy atom. The third-order valence-electron chi connectivity index (χ3n) is 2.03. The first-order valence-electron chi connectivity index (χ1n) is 5.09. The van der Waals surface area contributed by atoms with Crippen molar-refractivity contribution in [2.75, 3.05) is 0 Å². The molecule has 0 N–H and O–H groups in total. The molecule has 78 valence electrons. The lowest BCUT2D eigenvalue weighted by Gasteiger charge is -1.99. The van der Waals surface area contributed by atoms with Gasteiger partial charge in [0.25, 0.3) is 0 Å². The molecule has 0 aromatic heterocycles. The lowest BCUT2D eigenvalue weighted by molar-refractivity contribution is 0.626. The van der Waals surface area contributed by atoms with Crippen molar-refractivity contribution in [3.8, 4) is 6.07 Å². The molecule has 15 heavy (non-hydrogen) atoms. The molecule has 0 fully saturated rings. The fourth-order valence-corrected chi connectivity index (χ4v) is 1.35. The number of nitriles is 1. The first-order valence-corrected chi connectivity index (χ1v) is 5.09. The predicted octanol–water partition coefficient (Wildman–Crippen LogP) is 3.71. The zero-order valence-electron chi connectivity index (χ0n) is 8.83. The topological polar surface area (TPSA) is 23.8 Å². The van der Waals surface area contributed by atoms with Crippen LogP contribution >= 0.6 is 0 Å². The lowest BCUT2D eigenvalue weighted by atomic mass is 10.1. The van der Waals surface area contributed by atoms with Gasteiger partial charge in [-0.2, -0.15) is 5.26 Å². The van der Waals surface area contributed by atoms with Crippen LogP contribution in [0.1, 0.15) is 30.9 Å². The minimum absolute atomic E-state index is 0.256. The van der Waals surface area contributed by atoms with E-state index >= 15 is 0 Å². The molecule has 0 saturated heterocycles. The number of rotatable bonds is 4. The molecular formula is C13H14FN. The molecule has 0 aliphatic rings. The van der Waals surface area contributed by atoms with Gasteiger partial charge in [0.1, 0.15) is 5.82 Å². The molecule has 0 heterocycles. The zero-order chi connectivity index (χ0) is 11.1. The highest BCUT2D eigenvalue weighted by Crippen LogP contribution is 2.11. The minimum Gasteiger partial charge on any atom is -0.207 e. The third-order valence-corrected chi connectivity index (χ3v) is 2.03. The van der Waals surface area contributed by atoms with Gasteiger partial charge in [0, 0.05) is 0 Å². The quantitative estimate of drug-likeness (QED) is 0.731. The van der Waals surface area contributed by atoms with Crippen LogP contribution in [0, 0.1) is 17.1 Å². The molecule has 1 aromatic rings. The van der Waals surface area contributed by atoms with E-state index in [0.29, 0.717) is 0 Å². The van der Waals surface area contributed by atoms with Crippen LogP contribution in [0.15, 0.2) is 24.3 Å². The number of benzene rings is 1. The summed E-state index contributed by atoms with van der Waals surface area (Å²) in [6, 6.07) is 6.74. The molecule has 0 aliphatic carbocycles. The van der Waals surface area contributed by atoms with Crippen LogP contribution in [0.4, 0.5) is 4.39 Å². The van der Waals surface area contributed by atoms with Crippen molar-refractivity contribution in [3.63, 3.8) is 0 Å². The monoisotopic (exact) mass is 203 g/mol. The molecular weight excluding hydrogens is 189 g/mol. The summed E-state index contributed by atoms with van der Waals surface area (Å²) in [7, 11) is 0. The Morgan fingerprint density at radius 2 is 2.20 bits per heavy atom. The largest absolute Gasteiger partial charge is 0.207 e. The first-order chi connectivity index (χ1) is 7.26. The van der Waals surface area contributed by atoms with E-state index in [0.717, 1.165) is 24.0 Å². The fraction of sp³-hybridized carbons (Fsp3) is 0.308. The van der Waals surface area contributed by atoms with Crippen LogP contribution in [0.25, 0.3) is 6.08 Å². The Kier molecular flexibility index (Phi) is 4.56. The maximum Gasteiger partial charge on any atom is 0.124 e. The summed E-state index contributed by atoms with van der Waals surface area (Å²) in [5, 5.41) is 8.53. The second-order valence-corrected chi connectivity index (χ2v) is 3.42. The van der Waals surface area contributed by atoms with E-state index in [2.05, 4.69) is 6.92 Å². The molecule has 0 atom stereocenters. The van der Waals surface area contributed by atoms with E-state index in [1.54, 1.807) is 0 Å². The van der Waals surface area contributed by atoms with Crippen molar-refractivity contribution < 1.29 is 4.39 Å². The van der Waals surface area contributed by atoms with Crippen LogP contribution in [0.5, 0.6) is 0 Å². The lowest BCUT2D eigenvalue weighted by Crippen LogP contribution is -1.86. The van der Waals surface area contributed by atoms with Crippen molar-refractivity contribution in [2.24, 2.45) is 0 Å². The molecule has 1 aromatic carbocycles. The van der Waals surface area contributed by atoms with E-state index in [1.807, 2.05) is 24.3 Å². The Morgan fingerprint density at radius 1 is 1.40 bits per heavy atom. The van der Waals surface area contributed by atoms with E-state index in [4.69, 9.17) is 5.26 Å². The van der Waals surface area contributed by atoms with Crippen LogP contribution in [0.2, 0.25) is 0 Å². The maximum absolute atomic E-state index is 13.1. The molecule has 0 saturated carbocycles. The number of allylic oxidation sites excluding steroid dienone is 1. The summed E-state index contributed by atoms with van der Waals surface area (Å²) in [6.45, 7) is 2.09. The molecule has 0 spiro atoms. The molecule has 0 radical (unpaired) electrons. The molecule has 0 aliphatic heterocycles. The summed E-state index contributed by atoms with van der Waals surface area (Å²) in [6.07, 6.45) is 6.24. The maximum atomic E-state index is 13.1. The van der Waals surface area contributed by atoms with Gasteiger partial charge in [-0.3, -0.25) is 0 Å². The number of hydrogen-bond acceptors (Lipinski definition) is 1. The number of nitrogens with zero attached hydrogens (tertiary/aromatic N) is 1. The van der Waals surface area contributed by atoms with Gasteiger partial charge in [-0.15, -0.1) is 0 Å². The summed E-state index contributed by atoms with van der Waals surface area (Å²) >= 11 is 0. The summed E-state index contributed by atoms with van der Waals surface area (Å²) in [4.78, 5) is 0. The van der Waals surface area contributed by atoms with E-state index in [-0.39, 0.29) is 12.2 Å². The second kappa shape index (κ2) is 5.98. The Hall–Kier alpha value is -1.62. The highest BCUT2D eigenvalue weighted by Gasteiger charge is 1.98. The zero-order valence-corrected chi connectivity index (χ0v) is 8.83. The summed E-state index contributed by atoms with van der Waals surface area (Å²) < 4.78 is 13.1. The Bertz CT molecular complexity index is 388. The molecule has 0 bridgehead atoms. The fourth-order valence-electron chi connectivity index (χ4n) is 1.35. The van der Waals surface area contributed by atoms with E-state index in [9.17, 15) is 4.39 Å².